The third kappa shape index (κ3) is 5.21. The molecule has 1 saturated heterocycles. The lowest BCUT2D eigenvalue weighted by atomic mass is 9.99. The molecule has 9 nitrogen and oxygen atoms in total. The number of aliphatic hydroxyl groups is 4. The van der Waals surface area contributed by atoms with Crippen molar-refractivity contribution in [2.75, 3.05) is 6.61 Å². The third-order valence-electron chi connectivity index (χ3n) is 4.84. The molecule has 10 heteroatoms. The molecule has 1 aliphatic rings. The number of carbonyl (C=O) groups excluding carboxylic acids is 2. The Hall–Kier alpha value is -2.53. The van der Waals surface area contributed by atoms with Crippen molar-refractivity contribution in [2.45, 2.75) is 37.1 Å². The van der Waals surface area contributed by atoms with Gasteiger partial charge in [-0.2, -0.15) is 0 Å². The molecule has 3 rings (SSSR count). The van der Waals surface area contributed by atoms with E-state index in [-0.39, 0.29) is 16.9 Å². The van der Waals surface area contributed by atoms with E-state index >= 15 is 0 Å². The number of ether oxygens (including phenoxy) is 2. The number of carbonyl (C=O) groups is 2. The molecule has 1 heterocycles. The number of aliphatic hydroxyl groups excluding tert-OH is 4. The van der Waals surface area contributed by atoms with Crippen LogP contribution >= 0.6 is 11.6 Å². The number of hydrogen-bond acceptors (Lipinski definition) is 9. The maximum absolute atomic E-state index is 12.4. The van der Waals surface area contributed by atoms with Gasteiger partial charge >= 0.3 is 0 Å². The number of ketones is 2. The first-order valence-corrected chi connectivity index (χ1v) is 9.71. The van der Waals surface area contributed by atoms with E-state index in [1.54, 1.807) is 12.1 Å². The second-order valence-electron chi connectivity index (χ2n) is 7.03. The zero-order chi connectivity index (χ0) is 22.7. The molecule has 166 valence electrons. The van der Waals surface area contributed by atoms with Gasteiger partial charge in [0.15, 0.2) is 11.6 Å². The molecule has 0 aliphatic carbocycles. The van der Waals surface area contributed by atoms with Gasteiger partial charge in [0, 0.05) is 16.7 Å². The summed E-state index contributed by atoms with van der Waals surface area (Å²) in [6, 6.07) is 9.77. The number of phenols is 1. The van der Waals surface area contributed by atoms with Crippen molar-refractivity contribution >= 4 is 23.2 Å². The highest BCUT2D eigenvalue weighted by Crippen LogP contribution is 2.29. The van der Waals surface area contributed by atoms with Gasteiger partial charge in [-0.05, 0) is 24.3 Å². The Labute approximate surface area is 182 Å². The Morgan fingerprint density at radius 2 is 1.74 bits per heavy atom. The van der Waals surface area contributed by atoms with Crippen LogP contribution in [0, 0.1) is 0 Å². The first kappa shape index (κ1) is 23.1. The Kier molecular flexibility index (Phi) is 7.26. The van der Waals surface area contributed by atoms with Crippen molar-refractivity contribution in [3.05, 3.63) is 58.6 Å². The Morgan fingerprint density at radius 3 is 2.39 bits per heavy atom. The normalized spacial score (nSPS) is 25.8. The van der Waals surface area contributed by atoms with Gasteiger partial charge in [-0.15, -0.1) is 0 Å². The molecular weight excluding hydrogens is 432 g/mol. The van der Waals surface area contributed by atoms with Crippen molar-refractivity contribution < 1.29 is 44.6 Å². The second-order valence-corrected chi connectivity index (χ2v) is 7.46. The predicted octanol–water partition coefficient (Wildman–Crippen LogP) is 0.680. The number of rotatable bonds is 7. The maximum Gasteiger partial charge on any atom is 0.229 e. The van der Waals surface area contributed by atoms with E-state index in [1.807, 2.05) is 0 Å². The molecule has 31 heavy (non-hydrogen) atoms. The Balaban J connectivity index is 1.69. The van der Waals surface area contributed by atoms with E-state index in [4.69, 9.17) is 21.1 Å². The van der Waals surface area contributed by atoms with Gasteiger partial charge in [0.05, 0.1) is 18.6 Å². The molecule has 5 atom stereocenters. The fourth-order valence-electron chi connectivity index (χ4n) is 3.12. The molecule has 5 N–H and O–H groups in total. The van der Waals surface area contributed by atoms with Crippen molar-refractivity contribution in [2.24, 2.45) is 0 Å². The smallest absolute Gasteiger partial charge is 0.229 e. The fraction of sp³-hybridized carbons (Fsp3) is 0.333. The van der Waals surface area contributed by atoms with E-state index in [0.29, 0.717) is 5.02 Å². The summed E-state index contributed by atoms with van der Waals surface area (Å²) in [5.74, 6) is -1.57. The summed E-state index contributed by atoms with van der Waals surface area (Å²) >= 11 is 5.85. The lowest BCUT2D eigenvalue weighted by molar-refractivity contribution is -0.277. The fourth-order valence-corrected chi connectivity index (χ4v) is 3.31. The van der Waals surface area contributed by atoms with Gasteiger partial charge < -0.3 is 35.0 Å². The molecule has 0 unspecified atom stereocenters. The molecule has 0 aromatic heterocycles. The summed E-state index contributed by atoms with van der Waals surface area (Å²) in [4.78, 5) is 24.7. The van der Waals surface area contributed by atoms with Crippen LogP contribution in [0.25, 0.3) is 0 Å². The van der Waals surface area contributed by atoms with Crippen LogP contribution in [0.2, 0.25) is 5.02 Å². The number of halogens is 1. The van der Waals surface area contributed by atoms with Crippen molar-refractivity contribution in [1.82, 2.24) is 0 Å². The number of phenolic OH excluding ortho intramolecular Hbond substituents is 1. The van der Waals surface area contributed by atoms with Gasteiger partial charge in [-0.25, -0.2) is 0 Å². The lowest BCUT2D eigenvalue weighted by Gasteiger charge is -2.39. The number of aromatic hydroxyl groups is 1. The van der Waals surface area contributed by atoms with Crippen LogP contribution in [-0.2, 0) is 4.74 Å². The van der Waals surface area contributed by atoms with Crippen LogP contribution in [0.5, 0.6) is 11.5 Å². The van der Waals surface area contributed by atoms with Gasteiger partial charge in [0.2, 0.25) is 6.29 Å². The van der Waals surface area contributed by atoms with Crippen molar-refractivity contribution in [3.8, 4) is 11.5 Å². The quantitative estimate of drug-likeness (QED) is 0.301. The summed E-state index contributed by atoms with van der Waals surface area (Å²) in [5, 5.41) is 49.4. The van der Waals surface area contributed by atoms with Crippen LogP contribution in [-0.4, -0.2) is 74.4 Å². The largest absolute Gasteiger partial charge is 0.507 e. The van der Waals surface area contributed by atoms with E-state index in [0.717, 1.165) is 6.07 Å². The molecular formula is C21H21ClO9. The van der Waals surface area contributed by atoms with Crippen LogP contribution in [0.4, 0.5) is 0 Å². The minimum Gasteiger partial charge on any atom is -0.507 e. The van der Waals surface area contributed by atoms with Crippen LogP contribution in [0.15, 0.2) is 42.5 Å². The standard InChI is InChI=1S/C21H21ClO9/c22-11-3-1-2-10(6-11)14(24)8-16(26)13-5-4-12(7-15(13)25)30-21-20(29)19(28)18(27)17(9-23)31-21/h1-7,17-21,23,25,27-29H,8-9H2/t17-,18-,19+,20-,21-/m1/s1. The summed E-state index contributed by atoms with van der Waals surface area (Å²) in [5.41, 5.74) is 0.152. The molecule has 2 aromatic rings. The van der Waals surface area contributed by atoms with Gasteiger partial charge in [-0.1, -0.05) is 23.7 Å². The molecule has 1 aliphatic heterocycles. The molecule has 0 bridgehead atoms. The minimum absolute atomic E-state index is 0.0143. The van der Waals surface area contributed by atoms with Gasteiger partial charge in [0.1, 0.15) is 35.9 Å². The Morgan fingerprint density at radius 1 is 1.00 bits per heavy atom. The highest BCUT2D eigenvalue weighted by atomic mass is 35.5. The first-order chi connectivity index (χ1) is 14.7. The first-order valence-electron chi connectivity index (χ1n) is 9.33. The average Bonchev–Trinajstić information content (AvgIpc) is 2.74. The predicted molar refractivity (Wildman–Crippen MR) is 107 cm³/mol. The van der Waals surface area contributed by atoms with Gasteiger partial charge in [-0.3, -0.25) is 9.59 Å². The van der Waals surface area contributed by atoms with Crippen molar-refractivity contribution in [1.29, 1.82) is 0 Å². The summed E-state index contributed by atoms with van der Waals surface area (Å²) in [6.07, 6.45) is -7.87. The zero-order valence-electron chi connectivity index (χ0n) is 16.1. The van der Waals surface area contributed by atoms with E-state index in [2.05, 4.69) is 0 Å². The zero-order valence-corrected chi connectivity index (χ0v) is 16.8. The number of benzene rings is 2. The summed E-state index contributed by atoms with van der Waals surface area (Å²) < 4.78 is 10.6. The van der Waals surface area contributed by atoms with Crippen molar-refractivity contribution in [3.63, 3.8) is 0 Å². The third-order valence-corrected chi connectivity index (χ3v) is 5.07. The Bertz CT molecular complexity index is 962. The van der Waals surface area contributed by atoms with Crippen LogP contribution in [0.1, 0.15) is 27.1 Å². The molecule has 2 aromatic carbocycles. The van der Waals surface area contributed by atoms with E-state index in [1.165, 1.54) is 24.3 Å². The molecule has 0 radical (unpaired) electrons. The van der Waals surface area contributed by atoms with Crippen LogP contribution < -0.4 is 4.74 Å². The maximum atomic E-state index is 12.4. The van der Waals surface area contributed by atoms with Crippen LogP contribution in [0.3, 0.4) is 0 Å². The molecule has 0 saturated carbocycles. The summed E-state index contributed by atoms with van der Waals surface area (Å²) in [6.45, 7) is -0.621. The minimum atomic E-state index is -1.63. The highest BCUT2D eigenvalue weighted by Gasteiger charge is 2.44. The SMILES string of the molecule is O=C(CC(=O)c1ccc(O[C@@H]2O[C@H](CO)[C@@H](O)[C@H](O)[C@H]2O)cc1O)c1cccc(Cl)c1. The number of Topliss-reactive ketones (excluding diaryl/α,β-unsaturated/α-hetero) is 2. The molecule has 1 fully saturated rings. The highest BCUT2D eigenvalue weighted by molar-refractivity contribution is 6.31. The molecule has 0 amide bonds. The van der Waals surface area contributed by atoms with E-state index < -0.39 is 61.0 Å². The molecule has 0 spiro atoms. The average molecular weight is 453 g/mol. The topological polar surface area (TPSA) is 154 Å². The monoisotopic (exact) mass is 452 g/mol. The van der Waals surface area contributed by atoms with E-state index in [9.17, 15) is 35.1 Å². The lowest BCUT2D eigenvalue weighted by Crippen LogP contribution is -2.60. The second kappa shape index (κ2) is 9.73. The van der Waals surface area contributed by atoms with Gasteiger partial charge in [0.25, 0.3) is 0 Å². The number of hydrogen-bond donors (Lipinski definition) is 5. The summed E-state index contributed by atoms with van der Waals surface area (Å²) in [7, 11) is 0.